The molecule has 4 nitrogen and oxygen atoms in total. The Morgan fingerprint density at radius 1 is 1.38 bits per heavy atom. The molecule has 0 saturated carbocycles. The summed E-state index contributed by atoms with van der Waals surface area (Å²) in [5.74, 6) is 1.13. The summed E-state index contributed by atoms with van der Waals surface area (Å²) in [5, 5.41) is 12.2. The minimum Gasteiger partial charge on any atom is -0.481 e. The molecule has 0 heterocycles. The number of terminal acetylenes is 1. The molecule has 0 saturated heterocycles. The van der Waals surface area contributed by atoms with Crippen LogP contribution in [0, 0.1) is 12.3 Å². The van der Waals surface area contributed by atoms with Crippen molar-refractivity contribution in [3.63, 3.8) is 0 Å². The van der Waals surface area contributed by atoms with E-state index in [0.717, 1.165) is 6.42 Å². The zero-order valence-corrected chi connectivity index (χ0v) is 12.4. The molecule has 0 spiro atoms. The average Bonchev–Trinajstić information content (AvgIpc) is 2.47. The van der Waals surface area contributed by atoms with E-state index in [9.17, 15) is 14.7 Å². The van der Waals surface area contributed by atoms with E-state index in [2.05, 4.69) is 11.2 Å². The number of carboxylic acids is 1. The molecule has 1 amide bonds. The topological polar surface area (TPSA) is 66.4 Å². The van der Waals surface area contributed by atoms with Crippen LogP contribution in [0.15, 0.2) is 30.3 Å². The Morgan fingerprint density at radius 3 is 2.48 bits per heavy atom. The van der Waals surface area contributed by atoms with Gasteiger partial charge >= 0.3 is 5.97 Å². The van der Waals surface area contributed by atoms with Gasteiger partial charge < -0.3 is 10.4 Å². The highest BCUT2D eigenvalue weighted by atomic mass is 16.4. The molecule has 2 atom stereocenters. The molecule has 4 heteroatoms. The highest BCUT2D eigenvalue weighted by Crippen LogP contribution is 2.28. The Balaban J connectivity index is 2.87. The third-order valence-electron chi connectivity index (χ3n) is 3.51. The van der Waals surface area contributed by atoms with Crippen molar-refractivity contribution >= 4 is 11.9 Å². The Kier molecular flexibility index (Phi) is 5.98. The van der Waals surface area contributed by atoms with Crippen molar-refractivity contribution in [3.8, 4) is 12.3 Å². The molecule has 1 rings (SSSR count). The number of hydrogen-bond acceptors (Lipinski definition) is 2. The lowest BCUT2D eigenvalue weighted by Gasteiger charge is -2.25. The van der Waals surface area contributed by atoms with E-state index in [0.29, 0.717) is 12.0 Å². The van der Waals surface area contributed by atoms with Crippen molar-refractivity contribution in [2.24, 2.45) is 0 Å². The molecular formula is C17H21NO3. The highest BCUT2D eigenvalue weighted by Gasteiger charge is 2.37. The molecule has 0 fully saturated rings. The minimum absolute atomic E-state index is 0.145. The Bertz CT molecular complexity index is 533. The third-order valence-corrected chi connectivity index (χ3v) is 3.51. The molecule has 2 unspecified atom stereocenters. The molecule has 21 heavy (non-hydrogen) atoms. The van der Waals surface area contributed by atoms with Gasteiger partial charge in [0.15, 0.2) is 0 Å². The first-order valence-corrected chi connectivity index (χ1v) is 6.98. The largest absolute Gasteiger partial charge is 0.481 e. The lowest BCUT2D eigenvalue weighted by atomic mass is 9.79. The summed E-state index contributed by atoms with van der Waals surface area (Å²) in [6.45, 7) is 3.52. The van der Waals surface area contributed by atoms with Crippen molar-refractivity contribution in [1.82, 2.24) is 5.32 Å². The summed E-state index contributed by atoms with van der Waals surface area (Å²) in [5.41, 5.74) is -0.670. The van der Waals surface area contributed by atoms with Crippen LogP contribution in [0.3, 0.4) is 0 Å². The van der Waals surface area contributed by atoms with Crippen LogP contribution in [0.5, 0.6) is 0 Å². The lowest BCUT2D eigenvalue weighted by Crippen LogP contribution is -2.41. The van der Waals surface area contributed by atoms with E-state index in [1.54, 1.807) is 31.2 Å². The van der Waals surface area contributed by atoms with E-state index in [4.69, 9.17) is 6.42 Å². The Morgan fingerprint density at radius 2 is 2.00 bits per heavy atom. The lowest BCUT2D eigenvalue weighted by molar-refractivity contribution is -0.145. The van der Waals surface area contributed by atoms with Crippen LogP contribution in [0.4, 0.5) is 0 Å². The van der Waals surface area contributed by atoms with Gasteiger partial charge in [-0.25, -0.2) is 0 Å². The second-order valence-electron chi connectivity index (χ2n) is 5.26. The summed E-state index contributed by atoms with van der Waals surface area (Å²) in [6.07, 6.45) is 6.75. The fraction of sp³-hybridized carbons (Fsp3) is 0.412. The van der Waals surface area contributed by atoms with Crippen molar-refractivity contribution in [3.05, 3.63) is 35.9 Å². The van der Waals surface area contributed by atoms with Gasteiger partial charge in [0, 0.05) is 6.42 Å². The summed E-state index contributed by atoms with van der Waals surface area (Å²) in [4.78, 5) is 23.7. The van der Waals surface area contributed by atoms with Gasteiger partial charge in [0.05, 0.1) is 11.5 Å². The third kappa shape index (κ3) is 4.35. The van der Waals surface area contributed by atoms with Crippen molar-refractivity contribution in [2.75, 3.05) is 0 Å². The molecule has 0 aliphatic carbocycles. The molecular weight excluding hydrogens is 266 g/mol. The van der Waals surface area contributed by atoms with Crippen molar-refractivity contribution in [1.29, 1.82) is 0 Å². The van der Waals surface area contributed by atoms with E-state index in [1.807, 2.05) is 13.0 Å². The number of aliphatic carboxylic acids is 1. The zero-order valence-electron chi connectivity index (χ0n) is 12.4. The molecule has 0 radical (unpaired) electrons. The van der Waals surface area contributed by atoms with Gasteiger partial charge in [-0.05, 0) is 18.9 Å². The van der Waals surface area contributed by atoms with Crippen LogP contribution in [0.1, 0.15) is 38.7 Å². The zero-order chi connectivity index (χ0) is 15.9. The average molecular weight is 287 g/mol. The number of amides is 1. The van der Waals surface area contributed by atoms with E-state index < -0.39 is 11.4 Å². The van der Waals surface area contributed by atoms with Crippen LogP contribution in [-0.2, 0) is 15.0 Å². The smallest absolute Gasteiger partial charge is 0.314 e. The van der Waals surface area contributed by atoms with Crippen molar-refractivity contribution in [2.45, 2.75) is 44.6 Å². The molecule has 1 aromatic rings. The number of hydrogen-bond donors (Lipinski definition) is 2. The number of nitrogens with one attached hydrogen (secondary N) is 1. The second kappa shape index (κ2) is 7.49. The standard InChI is InChI=1S/C17H21NO3/c1-4-9-14(5-2)18-15(19)12-17(3,16(20)21)13-10-7-6-8-11-13/h2,6-8,10-11,14H,4,9,12H2,1,3H3,(H,18,19)(H,20,21). The van der Waals surface area contributed by atoms with Gasteiger partial charge in [0.25, 0.3) is 0 Å². The van der Waals surface area contributed by atoms with Crippen LogP contribution in [0.2, 0.25) is 0 Å². The Hall–Kier alpha value is -2.28. The van der Waals surface area contributed by atoms with Crippen LogP contribution in [-0.4, -0.2) is 23.0 Å². The first-order chi connectivity index (χ1) is 9.93. The number of carbonyl (C=O) groups excluding carboxylic acids is 1. The van der Waals surface area contributed by atoms with Gasteiger partial charge in [0.2, 0.25) is 5.91 Å². The number of rotatable bonds is 7. The maximum atomic E-state index is 12.1. The molecule has 0 aliphatic heterocycles. The normalized spacial score (nSPS) is 14.5. The number of carbonyl (C=O) groups is 2. The molecule has 2 N–H and O–H groups in total. The van der Waals surface area contributed by atoms with Gasteiger partial charge in [-0.2, -0.15) is 0 Å². The van der Waals surface area contributed by atoms with Crippen LogP contribution >= 0.6 is 0 Å². The number of benzene rings is 1. The van der Waals surface area contributed by atoms with Gasteiger partial charge in [-0.15, -0.1) is 6.42 Å². The van der Waals surface area contributed by atoms with Crippen LogP contribution < -0.4 is 5.32 Å². The van der Waals surface area contributed by atoms with E-state index >= 15 is 0 Å². The van der Waals surface area contributed by atoms with Gasteiger partial charge in [-0.1, -0.05) is 49.6 Å². The predicted octanol–water partition coefficient (Wildman–Crippen LogP) is 2.34. The fourth-order valence-electron chi connectivity index (χ4n) is 2.16. The van der Waals surface area contributed by atoms with E-state index in [-0.39, 0.29) is 18.4 Å². The quantitative estimate of drug-likeness (QED) is 0.756. The fourth-order valence-corrected chi connectivity index (χ4v) is 2.16. The maximum Gasteiger partial charge on any atom is 0.314 e. The SMILES string of the molecule is C#CC(CCC)NC(=O)CC(C)(C(=O)O)c1ccccc1. The molecule has 0 aromatic heterocycles. The van der Waals surface area contributed by atoms with E-state index in [1.165, 1.54) is 0 Å². The molecule has 112 valence electrons. The molecule has 0 aliphatic rings. The summed E-state index contributed by atoms with van der Waals surface area (Å²) in [6, 6.07) is 8.40. The molecule has 1 aromatic carbocycles. The second-order valence-corrected chi connectivity index (χ2v) is 5.26. The highest BCUT2D eigenvalue weighted by molar-refractivity contribution is 5.89. The van der Waals surface area contributed by atoms with Crippen LogP contribution in [0.25, 0.3) is 0 Å². The van der Waals surface area contributed by atoms with Gasteiger partial charge in [0.1, 0.15) is 0 Å². The minimum atomic E-state index is -1.27. The first-order valence-electron chi connectivity index (χ1n) is 6.98. The summed E-state index contributed by atoms with van der Waals surface area (Å²) < 4.78 is 0. The Labute approximate surface area is 125 Å². The molecule has 0 bridgehead atoms. The maximum absolute atomic E-state index is 12.1. The summed E-state index contributed by atoms with van der Waals surface area (Å²) >= 11 is 0. The number of carboxylic acid groups (broad SMARTS) is 1. The van der Waals surface area contributed by atoms with Crippen molar-refractivity contribution < 1.29 is 14.7 Å². The van der Waals surface area contributed by atoms with Gasteiger partial charge in [-0.3, -0.25) is 9.59 Å². The predicted molar refractivity (Wildman–Crippen MR) is 81.7 cm³/mol. The first kappa shape index (κ1) is 16.8. The summed E-state index contributed by atoms with van der Waals surface area (Å²) in [7, 11) is 0. The monoisotopic (exact) mass is 287 g/mol.